The molecule has 1 saturated heterocycles. The summed E-state index contributed by atoms with van der Waals surface area (Å²) in [6.07, 6.45) is 4.34. The Morgan fingerprint density at radius 3 is 2.62 bits per heavy atom. The van der Waals surface area contributed by atoms with Gasteiger partial charge in [-0.15, -0.1) is 5.54 Å². The fourth-order valence-electron chi connectivity index (χ4n) is 2.56. The van der Waals surface area contributed by atoms with Crippen molar-refractivity contribution in [3.8, 4) is 23.3 Å². The fourth-order valence-corrected chi connectivity index (χ4v) is 3.12. The van der Waals surface area contributed by atoms with Gasteiger partial charge in [0.05, 0.1) is 0 Å². The molecular weight excluding hydrogens is 272 g/mol. The van der Waals surface area contributed by atoms with Gasteiger partial charge in [-0.3, -0.25) is 0 Å². The van der Waals surface area contributed by atoms with Crippen molar-refractivity contribution in [3.63, 3.8) is 0 Å². The van der Waals surface area contributed by atoms with Gasteiger partial charge < -0.3 is 4.74 Å². The summed E-state index contributed by atoms with van der Waals surface area (Å²) in [5, 5.41) is 0. The van der Waals surface area contributed by atoms with E-state index in [0.29, 0.717) is 0 Å². The minimum absolute atomic E-state index is 0.0584. The Bertz CT molecular complexity index is 688. The van der Waals surface area contributed by atoms with Crippen molar-refractivity contribution in [3.05, 3.63) is 47.5 Å². The van der Waals surface area contributed by atoms with Crippen molar-refractivity contribution in [1.29, 1.82) is 0 Å². The average Bonchev–Trinajstić information content (AvgIpc) is 2.99. The molecule has 0 amide bonds. The third-order valence-electron chi connectivity index (χ3n) is 3.71. The highest BCUT2D eigenvalue weighted by Gasteiger charge is 2.59. The Morgan fingerprint density at radius 1 is 1.14 bits per heavy atom. The standard InChI is InChI=1S/C19H20OSi/c1-21(2,3)15-13-18-19(20-18)14-7-10-17(19)12-11-16-8-5-4-6-9-16/h4-6,8-10,18H,7,14H2,1-3H3/t18-,19+/m1/s1. The maximum absolute atomic E-state index is 5.94. The predicted molar refractivity (Wildman–Crippen MR) is 89.4 cm³/mol. The summed E-state index contributed by atoms with van der Waals surface area (Å²) in [6.45, 7) is 6.78. The number of allylic oxidation sites excluding steroid dienone is 1. The van der Waals surface area contributed by atoms with Crippen LogP contribution in [0.3, 0.4) is 0 Å². The molecule has 0 aromatic heterocycles. The first kappa shape index (κ1) is 14.2. The molecule has 2 aliphatic rings. The third kappa shape index (κ3) is 3.13. The first-order chi connectivity index (χ1) is 10.00. The van der Waals surface area contributed by atoms with Crippen LogP contribution in [-0.2, 0) is 4.74 Å². The molecule has 1 aromatic carbocycles. The minimum Gasteiger partial charge on any atom is -0.346 e. The van der Waals surface area contributed by atoms with Crippen LogP contribution >= 0.6 is 0 Å². The van der Waals surface area contributed by atoms with E-state index >= 15 is 0 Å². The molecule has 0 radical (unpaired) electrons. The lowest BCUT2D eigenvalue weighted by Crippen LogP contribution is -2.18. The van der Waals surface area contributed by atoms with Crippen LogP contribution in [0.4, 0.5) is 0 Å². The van der Waals surface area contributed by atoms with Crippen LogP contribution in [-0.4, -0.2) is 19.8 Å². The topological polar surface area (TPSA) is 12.5 Å². The van der Waals surface area contributed by atoms with Gasteiger partial charge >= 0.3 is 0 Å². The van der Waals surface area contributed by atoms with Gasteiger partial charge in [0.15, 0.2) is 6.10 Å². The van der Waals surface area contributed by atoms with Crippen molar-refractivity contribution in [2.24, 2.45) is 0 Å². The number of epoxide rings is 1. The Hall–Kier alpha value is -1.74. The second-order valence-corrected chi connectivity index (χ2v) is 11.4. The molecule has 106 valence electrons. The van der Waals surface area contributed by atoms with Gasteiger partial charge in [0, 0.05) is 11.1 Å². The summed E-state index contributed by atoms with van der Waals surface area (Å²) in [6, 6.07) is 10.1. The van der Waals surface area contributed by atoms with Crippen LogP contribution in [0.25, 0.3) is 0 Å². The van der Waals surface area contributed by atoms with E-state index in [1.807, 2.05) is 30.3 Å². The summed E-state index contributed by atoms with van der Waals surface area (Å²) >= 11 is 0. The molecule has 0 saturated carbocycles. The SMILES string of the molecule is C[Si](C)(C)C#C[C@H]1O[C@]12CCC=C2C#Cc1ccccc1. The lowest BCUT2D eigenvalue weighted by molar-refractivity contribution is 0.333. The van der Waals surface area contributed by atoms with Crippen molar-refractivity contribution in [1.82, 2.24) is 0 Å². The van der Waals surface area contributed by atoms with Crippen LogP contribution in [0.15, 0.2) is 42.0 Å². The van der Waals surface area contributed by atoms with Gasteiger partial charge in [0.1, 0.15) is 13.7 Å². The van der Waals surface area contributed by atoms with E-state index in [0.717, 1.165) is 24.0 Å². The van der Waals surface area contributed by atoms with Crippen LogP contribution in [0, 0.1) is 23.3 Å². The minimum atomic E-state index is -1.34. The maximum atomic E-state index is 5.94. The molecule has 1 nitrogen and oxygen atoms in total. The van der Waals surface area contributed by atoms with Crippen LogP contribution in [0.5, 0.6) is 0 Å². The van der Waals surface area contributed by atoms with Crippen LogP contribution in [0.1, 0.15) is 18.4 Å². The van der Waals surface area contributed by atoms with Crippen LogP contribution in [0.2, 0.25) is 19.6 Å². The number of benzene rings is 1. The molecule has 0 unspecified atom stereocenters. The van der Waals surface area contributed by atoms with Gasteiger partial charge in [-0.25, -0.2) is 0 Å². The Kier molecular flexibility index (Phi) is 3.53. The van der Waals surface area contributed by atoms with Crippen molar-refractivity contribution in [2.75, 3.05) is 0 Å². The zero-order valence-electron chi connectivity index (χ0n) is 12.9. The van der Waals surface area contributed by atoms with Crippen molar-refractivity contribution >= 4 is 8.07 Å². The van der Waals surface area contributed by atoms with E-state index in [2.05, 4.69) is 49.0 Å². The lowest BCUT2D eigenvalue weighted by atomic mass is 9.97. The van der Waals surface area contributed by atoms with E-state index in [1.54, 1.807) is 0 Å². The molecule has 1 fully saturated rings. The molecule has 2 atom stereocenters. The zero-order chi connectivity index (χ0) is 14.9. The second-order valence-electron chi connectivity index (χ2n) is 6.68. The lowest BCUT2D eigenvalue weighted by Gasteiger charge is -2.04. The largest absolute Gasteiger partial charge is 0.346 e. The summed E-state index contributed by atoms with van der Waals surface area (Å²) in [5.74, 6) is 9.88. The van der Waals surface area contributed by atoms with E-state index < -0.39 is 8.07 Å². The molecule has 21 heavy (non-hydrogen) atoms. The van der Waals surface area contributed by atoms with E-state index in [-0.39, 0.29) is 11.7 Å². The van der Waals surface area contributed by atoms with Gasteiger partial charge in [-0.2, -0.15) is 0 Å². The Labute approximate surface area is 128 Å². The Morgan fingerprint density at radius 2 is 1.90 bits per heavy atom. The molecule has 1 aliphatic carbocycles. The fraction of sp³-hybridized carbons (Fsp3) is 0.368. The Balaban J connectivity index is 1.76. The zero-order valence-corrected chi connectivity index (χ0v) is 13.9. The van der Waals surface area contributed by atoms with Crippen molar-refractivity contribution in [2.45, 2.75) is 44.2 Å². The average molecular weight is 292 g/mol. The second kappa shape index (κ2) is 5.23. The molecule has 2 heteroatoms. The normalized spacial score (nSPS) is 26.4. The quantitative estimate of drug-likeness (QED) is 0.403. The molecule has 1 heterocycles. The van der Waals surface area contributed by atoms with Gasteiger partial charge in [-0.05, 0) is 25.0 Å². The summed E-state index contributed by atoms with van der Waals surface area (Å²) < 4.78 is 5.94. The van der Waals surface area contributed by atoms with E-state index in [1.165, 1.54) is 0 Å². The van der Waals surface area contributed by atoms with Gasteiger partial charge in [0.25, 0.3) is 0 Å². The summed E-state index contributed by atoms with van der Waals surface area (Å²) in [7, 11) is -1.34. The molecule has 3 rings (SSSR count). The number of hydrogen-bond acceptors (Lipinski definition) is 1. The summed E-state index contributed by atoms with van der Waals surface area (Å²) in [5.41, 5.74) is 5.40. The molecule has 0 N–H and O–H groups in total. The van der Waals surface area contributed by atoms with Crippen LogP contribution < -0.4 is 0 Å². The highest BCUT2D eigenvalue weighted by Crippen LogP contribution is 2.50. The monoisotopic (exact) mass is 292 g/mol. The predicted octanol–water partition coefficient (Wildman–Crippen LogP) is 3.78. The smallest absolute Gasteiger partial charge is 0.152 e. The summed E-state index contributed by atoms with van der Waals surface area (Å²) in [4.78, 5) is 0. The molecule has 0 bridgehead atoms. The molecule has 1 spiro atoms. The van der Waals surface area contributed by atoms with Gasteiger partial charge in [0.2, 0.25) is 0 Å². The van der Waals surface area contributed by atoms with Gasteiger partial charge in [-0.1, -0.05) is 61.7 Å². The first-order valence-electron chi connectivity index (χ1n) is 7.48. The first-order valence-corrected chi connectivity index (χ1v) is 11.0. The third-order valence-corrected chi connectivity index (χ3v) is 4.60. The van der Waals surface area contributed by atoms with E-state index in [9.17, 15) is 0 Å². The number of ether oxygens (including phenoxy) is 1. The maximum Gasteiger partial charge on any atom is 0.152 e. The highest BCUT2D eigenvalue weighted by molar-refractivity contribution is 6.83. The number of hydrogen-bond donors (Lipinski definition) is 0. The molecular formula is C19H20OSi. The van der Waals surface area contributed by atoms with E-state index in [4.69, 9.17) is 4.74 Å². The number of rotatable bonds is 0. The highest BCUT2D eigenvalue weighted by atomic mass is 28.3. The molecule has 1 aliphatic heterocycles. The van der Waals surface area contributed by atoms with Crippen molar-refractivity contribution < 1.29 is 4.74 Å². The molecule has 1 aromatic rings.